The van der Waals surface area contributed by atoms with Gasteiger partial charge < -0.3 is 20.5 Å². The normalized spacial score (nSPS) is 22.5. The lowest BCUT2D eigenvalue weighted by Gasteiger charge is -2.25. The number of aliphatic hydroxyl groups excluding tert-OH is 1. The van der Waals surface area contributed by atoms with Gasteiger partial charge in [-0.15, -0.1) is 11.6 Å². The fraction of sp³-hybridized carbons (Fsp3) is 0.481. The van der Waals surface area contributed by atoms with Crippen LogP contribution in [0, 0.1) is 23.2 Å². The SMILES string of the molecule is CC1(COc2cc(C(=O)NC(Cc3ccccc3)C(O)CNCC#CC3CC3)cc(Cl)n2)CC1Cl. The van der Waals surface area contributed by atoms with Gasteiger partial charge in [0.1, 0.15) is 5.15 Å². The number of alkyl halides is 1. The molecule has 2 aliphatic rings. The van der Waals surface area contributed by atoms with Crippen molar-refractivity contribution in [3.05, 3.63) is 58.7 Å². The molecule has 186 valence electrons. The highest BCUT2D eigenvalue weighted by molar-refractivity contribution is 6.29. The third-order valence-electron chi connectivity index (χ3n) is 6.35. The maximum atomic E-state index is 13.1. The third-order valence-corrected chi connectivity index (χ3v) is 7.23. The number of rotatable bonds is 11. The van der Waals surface area contributed by atoms with E-state index in [-0.39, 0.29) is 27.7 Å². The molecule has 0 spiro atoms. The highest BCUT2D eigenvalue weighted by atomic mass is 35.5. The van der Waals surface area contributed by atoms with E-state index in [9.17, 15) is 9.90 Å². The van der Waals surface area contributed by atoms with Crippen LogP contribution in [0.3, 0.4) is 0 Å². The molecule has 2 aliphatic carbocycles. The molecule has 35 heavy (non-hydrogen) atoms. The zero-order valence-corrected chi connectivity index (χ0v) is 21.3. The number of amides is 1. The molecule has 0 bridgehead atoms. The number of nitrogens with zero attached hydrogens (tertiary/aromatic N) is 1. The molecule has 2 fully saturated rings. The molecular formula is C27H31Cl2N3O3. The van der Waals surface area contributed by atoms with Gasteiger partial charge in [-0.25, -0.2) is 4.98 Å². The van der Waals surface area contributed by atoms with E-state index in [1.54, 1.807) is 6.07 Å². The predicted octanol–water partition coefficient (Wildman–Crippen LogP) is 3.84. The molecule has 4 atom stereocenters. The van der Waals surface area contributed by atoms with Crippen LogP contribution in [-0.4, -0.2) is 53.2 Å². The molecule has 1 aromatic carbocycles. The Morgan fingerprint density at radius 3 is 2.74 bits per heavy atom. The van der Waals surface area contributed by atoms with Gasteiger partial charge in [-0.3, -0.25) is 4.79 Å². The number of benzene rings is 1. The van der Waals surface area contributed by atoms with Crippen LogP contribution >= 0.6 is 23.2 Å². The van der Waals surface area contributed by atoms with Crippen molar-refractivity contribution < 1.29 is 14.6 Å². The van der Waals surface area contributed by atoms with Gasteiger partial charge >= 0.3 is 0 Å². The lowest BCUT2D eigenvalue weighted by molar-refractivity contribution is 0.0832. The summed E-state index contributed by atoms with van der Waals surface area (Å²) in [5.41, 5.74) is 1.24. The second kappa shape index (κ2) is 11.6. The van der Waals surface area contributed by atoms with Gasteiger partial charge in [-0.05, 0) is 37.3 Å². The van der Waals surface area contributed by atoms with Gasteiger partial charge in [-0.1, -0.05) is 60.7 Å². The number of pyridine rings is 1. The number of halogens is 2. The summed E-state index contributed by atoms with van der Waals surface area (Å²) in [6.07, 6.45) is 2.89. The Labute approximate surface area is 216 Å². The summed E-state index contributed by atoms with van der Waals surface area (Å²) in [7, 11) is 0. The largest absolute Gasteiger partial charge is 0.477 e. The number of carbonyl (C=O) groups is 1. The first kappa shape index (κ1) is 25.8. The van der Waals surface area contributed by atoms with Crippen LogP contribution in [0.15, 0.2) is 42.5 Å². The summed E-state index contributed by atoms with van der Waals surface area (Å²) >= 11 is 12.3. The van der Waals surface area contributed by atoms with E-state index in [0.717, 1.165) is 12.0 Å². The van der Waals surface area contributed by atoms with Gasteiger partial charge in [0.25, 0.3) is 5.91 Å². The maximum Gasteiger partial charge on any atom is 0.251 e. The smallest absolute Gasteiger partial charge is 0.251 e. The van der Waals surface area contributed by atoms with Gasteiger partial charge in [-0.2, -0.15) is 0 Å². The van der Waals surface area contributed by atoms with Crippen LogP contribution in [0.25, 0.3) is 0 Å². The molecule has 0 saturated heterocycles. The Bertz CT molecular complexity index is 1080. The van der Waals surface area contributed by atoms with Gasteiger partial charge in [0.05, 0.1) is 25.3 Å². The standard InChI is InChI=1S/C27H31Cl2N3O3/c1-27(15-23(27)28)17-35-25-14-20(13-24(29)32-25)26(34)31-21(12-19-6-3-2-4-7-19)22(33)16-30-11-5-8-18-9-10-18/h2-4,6-7,13-14,18,21-23,30,33H,9-12,15-17H2,1H3,(H,31,34). The van der Waals surface area contributed by atoms with Gasteiger partial charge in [0.2, 0.25) is 5.88 Å². The van der Waals surface area contributed by atoms with Crippen LogP contribution in [0.5, 0.6) is 5.88 Å². The van der Waals surface area contributed by atoms with Crippen LogP contribution in [0.4, 0.5) is 0 Å². The van der Waals surface area contributed by atoms with E-state index in [2.05, 4.69) is 27.5 Å². The number of aliphatic hydroxyl groups is 1. The molecule has 0 aliphatic heterocycles. The molecule has 2 saturated carbocycles. The summed E-state index contributed by atoms with van der Waals surface area (Å²) in [6, 6.07) is 12.3. The predicted molar refractivity (Wildman–Crippen MR) is 138 cm³/mol. The molecule has 4 unspecified atom stereocenters. The maximum absolute atomic E-state index is 13.1. The average molecular weight is 516 g/mol. The minimum atomic E-state index is -0.814. The summed E-state index contributed by atoms with van der Waals surface area (Å²) in [6.45, 7) is 3.26. The molecule has 1 aromatic heterocycles. The van der Waals surface area contributed by atoms with E-state index < -0.39 is 12.1 Å². The molecule has 3 N–H and O–H groups in total. The Hall–Kier alpha value is -2.30. The number of aromatic nitrogens is 1. The molecule has 0 radical (unpaired) electrons. The first-order valence-electron chi connectivity index (χ1n) is 12.0. The number of nitrogens with one attached hydrogen (secondary N) is 2. The van der Waals surface area contributed by atoms with Gasteiger partial charge in [0.15, 0.2) is 0 Å². The second-order valence-electron chi connectivity index (χ2n) is 9.69. The number of hydrogen-bond acceptors (Lipinski definition) is 5. The first-order valence-corrected chi connectivity index (χ1v) is 12.8. The Morgan fingerprint density at radius 2 is 2.06 bits per heavy atom. The van der Waals surface area contributed by atoms with E-state index in [1.807, 2.05) is 37.3 Å². The average Bonchev–Trinajstić information content (AvgIpc) is 3.76. The third kappa shape index (κ3) is 7.85. The fourth-order valence-corrected chi connectivity index (χ4v) is 4.28. The lowest BCUT2D eigenvalue weighted by Crippen LogP contribution is -2.48. The van der Waals surface area contributed by atoms with Crippen LogP contribution in [-0.2, 0) is 6.42 Å². The fourth-order valence-electron chi connectivity index (χ4n) is 3.67. The molecule has 1 amide bonds. The van der Waals surface area contributed by atoms with Crippen molar-refractivity contribution in [2.45, 2.75) is 50.1 Å². The molecule has 2 aromatic rings. The quantitative estimate of drug-likeness (QED) is 0.183. The summed E-state index contributed by atoms with van der Waals surface area (Å²) < 4.78 is 5.79. The zero-order chi connectivity index (χ0) is 24.8. The van der Waals surface area contributed by atoms with Crippen LogP contribution in [0.2, 0.25) is 5.15 Å². The van der Waals surface area contributed by atoms with E-state index in [1.165, 1.54) is 18.9 Å². The summed E-state index contributed by atoms with van der Waals surface area (Å²) in [5, 5.41) is 17.3. The Kier molecular flexibility index (Phi) is 8.56. The molecule has 1 heterocycles. The van der Waals surface area contributed by atoms with E-state index in [4.69, 9.17) is 27.9 Å². The first-order chi connectivity index (χ1) is 16.8. The van der Waals surface area contributed by atoms with E-state index in [0.29, 0.717) is 37.6 Å². The Balaban J connectivity index is 1.40. The minimum absolute atomic E-state index is 0.0815. The van der Waals surface area contributed by atoms with Crippen LogP contribution < -0.4 is 15.4 Å². The van der Waals surface area contributed by atoms with Crippen molar-refractivity contribution in [1.82, 2.24) is 15.6 Å². The molecule has 8 heteroatoms. The van der Waals surface area contributed by atoms with Crippen molar-refractivity contribution in [2.24, 2.45) is 11.3 Å². The van der Waals surface area contributed by atoms with Crippen molar-refractivity contribution in [3.8, 4) is 17.7 Å². The summed E-state index contributed by atoms with van der Waals surface area (Å²) in [4.78, 5) is 17.3. The number of carbonyl (C=O) groups excluding carboxylic acids is 1. The van der Waals surface area contributed by atoms with Gasteiger partial charge in [0, 0.05) is 34.9 Å². The summed E-state index contributed by atoms with van der Waals surface area (Å²) in [5.74, 6) is 6.74. The zero-order valence-electron chi connectivity index (χ0n) is 19.8. The minimum Gasteiger partial charge on any atom is -0.477 e. The molecule has 6 nitrogen and oxygen atoms in total. The lowest BCUT2D eigenvalue weighted by atomic mass is 10.0. The highest BCUT2D eigenvalue weighted by Crippen LogP contribution is 2.49. The van der Waals surface area contributed by atoms with Crippen LogP contribution in [0.1, 0.15) is 42.1 Å². The molecular weight excluding hydrogens is 485 g/mol. The molecule has 4 rings (SSSR count). The highest BCUT2D eigenvalue weighted by Gasteiger charge is 2.49. The number of ether oxygens (including phenoxy) is 1. The topological polar surface area (TPSA) is 83.5 Å². The van der Waals surface area contributed by atoms with Crippen molar-refractivity contribution >= 4 is 29.1 Å². The second-order valence-corrected chi connectivity index (χ2v) is 10.6. The monoisotopic (exact) mass is 515 g/mol. The Morgan fingerprint density at radius 1 is 1.31 bits per heavy atom. The van der Waals surface area contributed by atoms with E-state index >= 15 is 0 Å². The van der Waals surface area contributed by atoms with Crippen molar-refractivity contribution in [1.29, 1.82) is 0 Å². The number of hydrogen-bond donors (Lipinski definition) is 3. The van der Waals surface area contributed by atoms with Crippen molar-refractivity contribution in [3.63, 3.8) is 0 Å². The van der Waals surface area contributed by atoms with Crippen molar-refractivity contribution in [2.75, 3.05) is 19.7 Å².